The molecule has 0 aliphatic carbocycles. The smallest absolute Gasteiger partial charge is 0.110 e. The van der Waals surface area contributed by atoms with Gasteiger partial charge in [-0.1, -0.05) is 0 Å². The van der Waals surface area contributed by atoms with Crippen molar-refractivity contribution < 1.29 is 15.3 Å². The standard InChI is InChI=1S/C9H11NO3S/c10-4-7-3-6(5-14-7)9(13)8(12)1-2-11/h3,5,8-9,11-13H,1-2H2. The molecule has 76 valence electrons. The third-order valence-corrected chi connectivity index (χ3v) is 2.71. The van der Waals surface area contributed by atoms with Crippen LogP contribution in [-0.2, 0) is 0 Å². The van der Waals surface area contributed by atoms with Gasteiger partial charge in [0.1, 0.15) is 17.1 Å². The summed E-state index contributed by atoms with van der Waals surface area (Å²) < 4.78 is 0. The van der Waals surface area contributed by atoms with Crippen LogP contribution < -0.4 is 0 Å². The molecule has 14 heavy (non-hydrogen) atoms. The molecule has 0 saturated heterocycles. The largest absolute Gasteiger partial charge is 0.396 e. The van der Waals surface area contributed by atoms with Gasteiger partial charge in [-0.25, -0.2) is 0 Å². The van der Waals surface area contributed by atoms with Crippen molar-refractivity contribution in [3.05, 3.63) is 21.9 Å². The molecule has 1 rings (SSSR count). The van der Waals surface area contributed by atoms with E-state index in [2.05, 4.69) is 0 Å². The first-order valence-corrected chi connectivity index (χ1v) is 5.02. The van der Waals surface area contributed by atoms with Gasteiger partial charge < -0.3 is 15.3 Å². The van der Waals surface area contributed by atoms with E-state index in [0.717, 1.165) is 0 Å². The van der Waals surface area contributed by atoms with E-state index in [1.165, 1.54) is 17.4 Å². The molecule has 4 nitrogen and oxygen atoms in total. The van der Waals surface area contributed by atoms with Crippen molar-refractivity contribution >= 4 is 11.3 Å². The van der Waals surface area contributed by atoms with Crippen molar-refractivity contribution in [2.75, 3.05) is 6.61 Å². The SMILES string of the molecule is N#Cc1cc(C(O)C(O)CCO)cs1. The summed E-state index contributed by atoms with van der Waals surface area (Å²) in [6.07, 6.45) is -1.89. The number of hydrogen-bond acceptors (Lipinski definition) is 5. The summed E-state index contributed by atoms with van der Waals surface area (Å²) in [6.45, 7) is -0.173. The fraction of sp³-hybridized carbons (Fsp3) is 0.444. The lowest BCUT2D eigenvalue weighted by atomic mass is 10.1. The second kappa shape index (κ2) is 5.08. The van der Waals surface area contributed by atoms with Crippen molar-refractivity contribution in [2.45, 2.75) is 18.6 Å². The summed E-state index contributed by atoms with van der Waals surface area (Å²) in [7, 11) is 0. The van der Waals surface area contributed by atoms with Crippen LogP contribution in [0.2, 0.25) is 0 Å². The molecule has 2 atom stereocenters. The van der Waals surface area contributed by atoms with Crippen molar-refractivity contribution in [3.63, 3.8) is 0 Å². The van der Waals surface area contributed by atoms with E-state index in [1.54, 1.807) is 5.38 Å². The molecule has 1 heterocycles. The van der Waals surface area contributed by atoms with E-state index in [1.807, 2.05) is 6.07 Å². The van der Waals surface area contributed by atoms with Crippen LogP contribution in [0.15, 0.2) is 11.4 Å². The average Bonchev–Trinajstić information content (AvgIpc) is 2.65. The van der Waals surface area contributed by atoms with Gasteiger partial charge in [0.2, 0.25) is 0 Å². The summed E-state index contributed by atoms with van der Waals surface area (Å²) in [5.41, 5.74) is 0.521. The highest BCUT2D eigenvalue weighted by Gasteiger charge is 2.18. The van der Waals surface area contributed by atoms with E-state index in [9.17, 15) is 10.2 Å². The van der Waals surface area contributed by atoms with Crippen molar-refractivity contribution in [2.24, 2.45) is 0 Å². The van der Waals surface area contributed by atoms with Crippen LogP contribution in [0.4, 0.5) is 0 Å². The molecule has 0 saturated carbocycles. The molecular weight excluding hydrogens is 202 g/mol. The van der Waals surface area contributed by atoms with Gasteiger partial charge in [-0.05, 0) is 23.4 Å². The number of aliphatic hydroxyl groups is 3. The minimum Gasteiger partial charge on any atom is -0.396 e. The maximum atomic E-state index is 9.57. The Morgan fingerprint density at radius 3 is 2.71 bits per heavy atom. The predicted molar refractivity (Wildman–Crippen MR) is 51.7 cm³/mol. The number of hydrogen-bond donors (Lipinski definition) is 3. The van der Waals surface area contributed by atoms with Crippen LogP contribution in [0, 0.1) is 11.3 Å². The Morgan fingerprint density at radius 2 is 2.21 bits per heavy atom. The van der Waals surface area contributed by atoms with Gasteiger partial charge in [0.05, 0.1) is 6.10 Å². The van der Waals surface area contributed by atoms with Gasteiger partial charge in [-0.2, -0.15) is 5.26 Å². The van der Waals surface area contributed by atoms with E-state index < -0.39 is 12.2 Å². The van der Waals surface area contributed by atoms with E-state index >= 15 is 0 Å². The average molecular weight is 213 g/mol. The summed E-state index contributed by atoms with van der Waals surface area (Å²) in [4.78, 5) is 0.496. The molecule has 1 aromatic rings. The number of thiophene rings is 1. The topological polar surface area (TPSA) is 84.5 Å². The summed E-state index contributed by atoms with van der Waals surface area (Å²) in [6, 6.07) is 3.49. The molecule has 0 fully saturated rings. The number of aliphatic hydroxyl groups excluding tert-OH is 3. The van der Waals surface area contributed by atoms with Gasteiger partial charge in [0, 0.05) is 6.61 Å². The number of rotatable bonds is 4. The maximum absolute atomic E-state index is 9.57. The van der Waals surface area contributed by atoms with Crippen molar-refractivity contribution in [3.8, 4) is 6.07 Å². The molecule has 1 aromatic heterocycles. The highest BCUT2D eigenvalue weighted by molar-refractivity contribution is 7.10. The monoisotopic (exact) mass is 213 g/mol. The van der Waals surface area contributed by atoms with Gasteiger partial charge in [0.25, 0.3) is 0 Å². The fourth-order valence-electron chi connectivity index (χ4n) is 1.08. The zero-order valence-electron chi connectivity index (χ0n) is 7.42. The number of nitriles is 1. The lowest BCUT2D eigenvalue weighted by Gasteiger charge is -2.15. The third kappa shape index (κ3) is 2.53. The molecule has 0 aromatic carbocycles. The van der Waals surface area contributed by atoms with Crippen LogP contribution in [0.5, 0.6) is 0 Å². The Hall–Kier alpha value is -0.930. The molecule has 0 aliphatic rings. The van der Waals surface area contributed by atoms with E-state index in [0.29, 0.717) is 10.4 Å². The van der Waals surface area contributed by atoms with E-state index in [4.69, 9.17) is 10.4 Å². The summed E-state index contributed by atoms with van der Waals surface area (Å²) in [5, 5.41) is 37.7. The first-order chi connectivity index (χ1) is 6.69. The summed E-state index contributed by atoms with van der Waals surface area (Å²) in [5.74, 6) is 0. The number of nitrogens with zero attached hydrogens (tertiary/aromatic N) is 1. The van der Waals surface area contributed by atoms with Gasteiger partial charge >= 0.3 is 0 Å². The molecule has 0 amide bonds. The Bertz CT molecular complexity index is 331. The Kier molecular flexibility index (Phi) is 4.04. The molecule has 0 radical (unpaired) electrons. The Morgan fingerprint density at radius 1 is 1.50 bits per heavy atom. The Labute approximate surface area is 85.7 Å². The lowest BCUT2D eigenvalue weighted by molar-refractivity contribution is 0.00444. The highest BCUT2D eigenvalue weighted by atomic mass is 32.1. The second-order valence-electron chi connectivity index (χ2n) is 2.88. The van der Waals surface area contributed by atoms with Gasteiger partial charge in [-0.3, -0.25) is 0 Å². The van der Waals surface area contributed by atoms with Crippen LogP contribution in [-0.4, -0.2) is 28.0 Å². The molecule has 3 N–H and O–H groups in total. The van der Waals surface area contributed by atoms with Crippen LogP contribution in [0.3, 0.4) is 0 Å². The zero-order chi connectivity index (χ0) is 10.6. The first-order valence-electron chi connectivity index (χ1n) is 4.14. The van der Waals surface area contributed by atoms with Gasteiger partial charge in [0.15, 0.2) is 0 Å². The minimum atomic E-state index is -1.03. The van der Waals surface area contributed by atoms with Crippen molar-refractivity contribution in [1.29, 1.82) is 5.26 Å². The first kappa shape index (κ1) is 11.1. The van der Waals surface area contributed by atoms with Crippen LogP contribution in [0.1, 0.15) is 23.0 Å². The molecule has 0 aliphatic heterocycles. The zero-order valence-corrected chi connectivity index (χ0v) is 8.24. The fourth-order valence-corrected chi connectivity index (χ4v) is 1.80. The third-order valence-electron chi connectivity index (χ3n) is 1.86. The normalized spacial score (nSPS) is 14.7. The molecule has 2 unspecified atom stereocenters. The minimum absolute atomic E-state index is 0.124. The lowest BCUT2D eigenvalue weighted by Crippen LogP contribution is -2.18. The maximum Gasteiger partial charge on any atom is 0.110 e. The van der Waals surface area contributed by atoms with Crippen LogP contribution in [0.25, 0.3) is 0 Å². The highest BCUT2D eigenvalue weighted by Crippen LogP contribution is 2.23. The molecule has 0 bridgehead atoms. The quantitative estimate of drug-likeness (QED) is 0.675. The van der Waals surface area contributed by atoms with E-state index in [-0.39, 0.29) is 13.0 Å². The molecule has 0 spiro atoms. The summed E-state index contributed by atoms with van der Waals surface area (Å²) >= 11 is 1.22. The van der Waals surface area contributed by atoms with Gasteiger partial charge in [-0.15, -0.1) is 11.3 Å². The van der Waals surface area contributed by atoms with Crippen LogP contribution >= 0.6 is 11.3 Å². The molecule has 5 heteroatoms. The molecular formula is C9H11NO3S. The predicted octanol–water partition coefficient (Wildman–Crippen LogP) is 0.396. The second-order valence-corrected chi connectivity index (χ2v) is 3.79. The van der Waals surface area contributed by atoms with Crippen molar-refractivity contribution in [1.82, 2.24) is 0 Å². The Balaban J connectivity index is 2.69.